The van der Waals surface area contributed by atoms with Crippen LogP contribution in [0.1, 0.15) is 16.8 Å². The van der Waals surface area contributed by atoms with Crippen molar-refractivity contribution in [3.8, 4) is 17.2 Å². The summed E-state index contributed by atoms with van der Waals surface area (Å²) in [6.45, 7) is 0.0384. The predicted octanol–water partition coefficient (Wildman–Crippen LogP) is 4.16. The van der Waals surface area contributed by atoms with Gasteiger partial charge in [0.15, 0.2) is 5.96 Å². The number of hydrogen-bond donors (Lipinski definition) is 2. The number of hydrogen-bond acceptors (Lipinski definition) is 4. The fourth-order valence-corrected chi connectivity index (χ4v) is 2.82. The predicted molar refractivity (Wildman–Crippen MR) is 112 cm³/mol. The van der Waals surface area contributed by atoms with E-state index in [1.54, 1.807) is 31.5 Å². The maximum atomic E-state index is 12.5. The lowest BCUT2D eigenvalue weighted by atomic mass is 10.1. The van der Waals surface area contributed by atoms with E-state index in [4.69, 9.17) is 4.42 Å². The molecule has 0 spiro atoms. The maximum absolute atomic E-state index is 12.5. The van der Waals surface area contributed by atoms with Crippen molar-refractivity contribution in [1.29, 1.82) is 0 Å². The Morgan fingerprint density at radius 1 is 1.13 bits per heavy atom. The lowest BCUT2D eigenvalue weighted by Crippen LogP contribution is -2.38. The number of aromatic nitrogens is 1. The average Bonchev–Trinajstić information content (AvgIpc) is 3.20. The molecule has 1 aromatic heterocycles. The van der Waals surface area contributed by atoms with Crippen LogP contribution in [0.15, 0.2) is 64.2 Å². The second-order valence-electron chi connectivity index (χ2n) is 6.60. The molecule has 0 unspecified atom stereocenters. The molecule has 2 aromatic carbocycles. The highest BCUT2D eigenvalue weighted by Gasteiger charge is 2.10. The first-order chi connectivity index (χ1) is 14.5. The topological polar surface area (TPSA) is 71.7 Å². The van der Waals surface area contributed by atoms with E-state index in [-0.39, 0.29) is 5.75 Å². The summed E-state index contributed by atoms with van der Waals surface area (Å²) in [7, 11) is 1.64. The van der Waals surface area contributed by atoms with Crippen molar-refractivity contribution < 1.29 is 17.9 Å². The number of halogens is 2. The van der Waals surface area contributed by atoms with Crippen LogP contribution in [0.25, 0.3) is 11.5 Å². The minimum absolute atomic E-state index is 0.140. The summed E-state index contributed by atoms with van der Waals surface area (Å²) in [5.74, 6) is 1.27. The highest BCUT2D eigenvalue weighted by molar-refractivity contribution is 5.79. The fraction of sp³-hybridized carbons (Fsp3) is 0.273. The molecule has 8 heteroatoms. The highest BCUT2D eigenvalue weighted by Crippen LogP contribution is 2.20. The van der Waals surface area contributed by atoms with Crippen LogP contribution in [-0.2, 0) is 13.0 Å². The summed E-state index contributed by atoms with van der Waals surface area (Å²) in [4.78, 5) is 8.66. The van der Waals surface area contributed by atoms with Gasteiger partial charge in [-0.3, -0.25) is 4.99 Å². The van der Waals surface area contributed by atoms with Gasteiger partial charge < -0.3 is 19.8 Å². The Morgan fingerprint density at radius 2 is 1.90 bits per heavy atom. The van der Waals surface area contributed by atoms with Gasteiger partial charge in [0.05, 0.1) is 5.69 Å². The van der Waals surface area contributed by atoms with Crippen molar-refractivity contribution in [3.05, 3.63) is 71.6 Å². The number of nitrogens with one attached hydrogen (secondary N) is 2. The van der Waals surface area contributed by atoms with E-state index >= 15 is 0 Å². The normalized spacial score (nSPS) is 11.6. The van der Waals surface area contributed by atoms with E-state index in [2.05, 4.69) is 25.3 Å². The van der Waals surface area contributed by atoms with Crippen molar-refractivity contribution >= 4 is 5.96 Å². The molecular weight excluding hydrogens is 390 g/mol. The van der Waals surface area contributed by atoms with Crippen LogP contribution in [0.3, 0.4) is 0 Å². The van der Waals surface area contributed by atoms with Crippen LogP contribution < -0.4 is 15.4 Å². The van der Waals surface area contributed by atoms with Crippen molar-refractivity contribution in [2.45, 2.75) is 26.5 Å². The second kappa shape index (κ2) is 10.4. The van der Waals surface area contributed by atoms with Crippen molar-refractivity contribution in [3.63, 3.8) is 0 Å². The number of ether oxygens (including phenoxy) is 1. The molecule has 0 aliphatic carbocycles. The number of guanidine groups is 1. The average molecular weight is 414 g/mol. The number of benzene rings is 2. The Morgan fingerprint density at radius 3 is 2.63 bits per heavy atom. The largest absolute Gasteiger partial charge is 0.444 e. The number of aliphatic imine (C=N–C) groups is 1. The lowest BCUT2D eigenvalue weighted by molar-refractivity contribution is -0.0504. The number of para-hydroxylation sites is 1. The molecule has 3 aromatic rings. The summed E-state index contributed by atoms with van der Waals surface area (Å²) in [5, 5.41) is 6.27. The number of nitrogens with zero attached hydrogens (tertiary/aromatic N) is 2. The molecule has 0 fully saturated rings. The summed E-state index contributed by atoms with van der Waals surface area (Å²) in [6.07, 6.45) is 2.28. The first kappa shape index (κ1) is 21.3. The van der Waals surface area contributed by atoms with Crippen molar-refractivity contribution in [2.75, 3.05) is 13.6 Å². The van der Waals surface area contributed by atoms with Gasteiger partial charge in [0.25, 0.3) is 0 Å². The Hall–Kier alpha value is -3.42. The molecule has 3 rings (SSSR count). The van der Waals surface area contributed by atoms with Gasteiger partial charge in [-0.15, -0.1) is 0 Å². The molecule has 0 radical (unpaired) electrons. The molecule has 0 saturated heterocycles. The van der Waals surface area contributed by atoms with Gasteiger partial charge in [0.1, 0.15) is 12.0 Å². The Balaban J connectivity index is 1.49. The van der Waals surface area contributed by atoms with Gasteiger partial charge in [-0.25, -0.2) is 4.98 Å². The highest BCUT2D eigenvalue weighted by atomic mass is 19.3. The van der Waals surface area contributed by atoms with Gasteiger partial charge in [-0.1, -0.05) is 35.9 Å². The van der Waals surface area contributed by atoms with Crippen molar-refractivity contribution in [1.82, 2.24) is 15.6 Å². The van der Waals surface area contributed by atoms with E-state index in [9.17, 15) is 8.78 Å². The fourth-order valence-electron chi connectivity index (χ4n) is 2.82. The molecule has 0 amide bonds. The number of oxazole rings is 1. The third-order valence-electron chi connectivity index (χ3n) is 4.38. The summed E-state index contributed by atoms with van der Waals surface area (Å²) < 4.78 is 35.2. The Labute approximate surface area is 174 Å². The molecule has 0 aliphatic rings. The first-order valence-corrected chi connectivity index (χ1v) is 9.54. The SMILES string of the molecule is CN=C(NCCc1coc(-c2ccc(C)cc2)n1)NCc1ccccc1OC(F)F. The van der Waals surface area contributed by atoms with Gasteiger partial charge in [0.2, 0.25) is 5.89 Å². The molecule has 2 N–H and O–H groups in total. The quantitative estimate of drug-likeness (QED) is 0.428. The third-order valence-corrected chi connectivity index (χ3v) is 4.38. The number of aryl methyl sites for hydroxylation is 1. The summed E-state index contributed by atoms with van der Waals surface area (Å²) in [5.41, 5.74) is 3.54. The molecule has 1 heterocycles. The monoisotopic (exact) mass is 414 g/mol. The van der Waals surface area contributed by atoms with Crippen LogP contribution in [0, 0.1) is 6.92 Å². The zero-order valence-electron chi connectivity index (χ0n) is 16.9. The van der Waals surface area contributed by atoms with E-state index in [1.165, 1.54) is 11.6 Å². The van der Waals surface area contributed by atoms with Crippen LogP contribution >= 0.6 is 0 Å². The van der Waals surface area contributed by atoms with E-state index in [0.717, 1.165) is 11.3 Å². The first-order valence-electron chi connectivity index (χ1n) is 9.54. The van der Waals surface area contributed by atoms with Crippen molar-refractivity contribution in [2.24, 2.45) is 4.99 Å². The molecule has 0 saturated carbocycles. The minimum Gasteiger partial charge on any atom is -0.444 e. The molecule has 30 heavy (non-hydrogen) atoms. The molecular formula is C22H24F2N4O2. The van der Waals surface area contributed by atoms with E-state index < -0.39 is 6.61 Å². The molecule has 6 nitrogen and oxygen atoms in total. The van der Waals surface area contributed by atoms with Gasteiger partial charge in [-0.2, -0.15) is 8.78 Å². The number of alkyl halides is 2. The summed E-state index contributed by atoms with van der Waals surface area (Å²) in [6, 6.07) is 14.6. The minimum atomic E-state index is -2.86. The standard InChI is InChI=1S/C22H24F2N4O2/c1-15-7-9-16(10-8-15)20-28-18(14-29-20)11-12-26-22(25-2)27-13-17-5-3-4-6-19(17)30-21(23)24/h3-10,14,21H,11-13H2,1-2H3,(H2,25,26,27). The molecule has 0 bridgehead atoms. The zero-order chi connectivity index (χ0) is 21.3. The summed E-state index contributed by atoms with van der Waals surface area (Å²) >= 11 is 0. The van der Waals surface area contributed by atoms with Crippen LogP contribution in [0.2, 0.25) is 0 Å². The third kappa shape index (κ3) is 6.04. The lowest BCUT2D eigenvalue weighted by Gasteiger charge is -2.14. The smallest absolute Gasteiger partial charge is 0.387 e. The van der Waals surface area contributed by atoms with Crippen LogP contribution in [0.4, 0.5) is 8.78 Å². The molecule has 158 valence electrons. The van der Waals surface area contributed by atoms with Gasteiger partial charge in [-0.05, 0) is 25.1 Å². The molecule has 0 atom stereocenters. The maximum Gasteiger partial charge on any atom is 0.387 e. The van der Waals surface area contributed by atoms with Crippen LogP contribution in [0.5, 0.6) is 5.75 Å². The van der Waals surface area contributed by atoms with E-state index in [0.29, 0.717) is 36.9 Å². The molecule has 0 aliphatic heterocycles. The van der Waals surface area contributed by atoms with E-state index in [1.807, 2.05) is 31.2 Å². The number of rotatable bonds is 8. The second-order valence-corrected chi connectivity index (χ2v) is 6.60. The van der Waals surface area contributed by atoms with Gasteiger partial charge in [0, 0.05) is 37.7 Å². The Kier molecular flexibility index (Phi) is 7.37. The van der Waals surface area contributed by atoms with Gasteiger partial charge >= 0.3 is 6.61 Å². The zero-order valence-corrected chi connectivity index (χ0v) is 16.9. The van der Waals surface area contributed by atoms with Crippen LogP contribution in [-0.4, -0.2) is 31.1 Å². The Bertz CT molecular complexity index is 971.